The first-order valence-corrected chi connectivity index (χ1v) is 12.2. The average molecular weight is 452 g/mol. The maximum absolute atomic E-state index is 12.3. The molecule has 3 heterocycles. The van der Waals surface area contributed by atoms with Gasteiger partial charge in [0.1, 0.15) is 0 Å². The molecule has 0 saturated carbocycles. The van der Waals surface area contributed by atoms with Crippen molar-refractivity contribution in [1.29, 1.82) is 0 Å². The first-order chi connectivity index (χ1) is 15.4. The highest BCUT2D eigenvalue weighted by Crippen LogP contribution is 2.35. The molecule has 0 spiro atoms. The lowest BCUT2D eigenvalue weighted by Crippen LogP contribution is -2.30. The van der Waals surface area contributed by atoms with Crippen molar-refractivity contribution in [3.63, 3.8) is 0 Å². The fourth-order valence-electron chi connectivity index (χ4n) is 4.26. The van der Waals surface area contributed by atoms with E-state index in [9.17, 15) is 4.79 Å². The van der Waals surface area contributed by atoms with Crippen LogP contribution in [0.4, 0.5) is 5.95 Å². The van der Waals surface area contributed by atoms with E-state index in [1.807, 2.05) is 31.3 Å². The number of aryl methyl sites for hydroxylation is 1. The van der Waals surface area contributed by atoms with Gasteiger partial charge in [-0.05, 0) is 87.8 Å². The van der Waals surface area contributed by atoms with Gasteiger partial charge in [-0.3, -0.25) is 4.79 Å². The average Bonchev–Trinajstić information content (AvgIpc) is 3.21. The quantitative estimate of drug-likeness (QED) is 0.518. The third-order valence-electron chi connectivity index (χ3n) is 6.29. The zero-order valence-electron chi connectivity index (χ0n) is 19.5. The molecule has 1 aromatic carbocycles. The van der Waals surface area contributed by atoms with Crippen molar-refractivity contribution in [2.75, 3.05) is 46.1 Å². The number of nitrogens with zero attached hydrogens (tertiary/aromatic N) is 4. The van der Waals surface area contributed by atoms with Gasteiger partial charge in [-0.15, -0.1) is 11.3 Å². The Morgan fingerprint density at radius 1 is 1.25 bits per heavy atom. The van der Waals surface area contributed by atoms with E-state index in [1.165, 1.54) is 32.4 Å². The maximum atomic E-state index is 12.3. The number of hydrogen-bond acceptors (Lipinski definition) is 6. The van der Waals surface area contributed by atoms with Crippen molar-refractivity contribution in [2.24, 2.45) is 5.92 Å². The normalized spacial score (nSPS) is 15.2. The topological polar surface area (TPSA) is 61.4 Å². The Balaban J connectivity index is 1.43. The molecule has 170 valence electrons. The van der Waals surface area contributed by atoms with Crippen LogP contribution in [0.25, 0.3) is 20.7 Å². The van der Waals surface area contributed by atoms with Crippen LogP contribution in [-0.2, 0) is 0 Å². The van der Waals surface area contributed by atoms with Crippen LogP contribution in [-0.4, -0.2) is 66.5 Å². The van der Waals surface area contributed by atoms with Crippen LogP contribution in [0, 0.1) is 12.8 Å². The van der Waals surface area contributed by atoms with E-state index in [-0.39, 0.29) is 5.91 Å². The Bertz CT molecular complexity index is 1090. The number of rotatable bonds is 7. The molecule has 1 saturated heterocycles. The molecule has 0 atom stereocenters. The van der Waals surface area contributed by atoms with Gasteiger partial charge in [0, 0.05) is 37.1 Å². The third kappa shape index (κ3) is 5.27. The van der Waals surface area contributed by atoms with Gasteiger partial charge in [-0.25, -0.2) is 9.97 Å². The number of anilines is 1. The summed E-state index contributed by atoms with van der Waals surface area (Å²) in [5, 5.41) is 4.55. The Morgan fingerprint density at radius 3 is 2.78 bits per heavy atom. The highest BCUT2D eigenvalue weighted by molar-refractivity contribution is 7.22. The van der Waals surface area contributed by atoms with E-state index in [1.54, 1.807) is 30.3 Å². The van der Waals surface area contributed by atoms with E-state index in [4.69, 9.17) is 4.98 Å². The molecular weight excluding hydrogens is 418 g/mol. The van der Waals surface area contributed by atoms with E-state index in [0.717, 1.165) is 45.1 Å². The van der Waals surface area contributed by atoms with Crippen LogP contribution >= 0.6 is 11.3 Å². The summed E-state index contributed by atoms with van der Waals surface area (Å²) in [5.74, 6) is 1.56. The Hall–Kier alpha value is -2.51. The highest BCUT2D eigenvalue weighted by atomic mass is 32.1. The van der Waals surface area contributed by atoms with Crippen molar-refractivity contribution in [3.8, 4) is 10.6 Å². The van der Waals surface area contributed by atoms with Crippen LogP contribution < -0.4 is 5.32 Å². The lowest BCUT2D eigenvalue weighted by molar-refractivity contribution is 0.0828. The molecule has 3 aromatic rings. The molecule has 4 rings (SSSR count). The Labute approximate surface area is 194 Å². The molecule has 0 unspecified atom stereocenters. The zero-order chi connectivity index (χ0) is 22.7. The number of fused-ring (bicyclic) bond motifs is 1. The molecule has 7 heteroatoms. The molecule has 0 bridgehead atoms. The molecule has 1 amide bonds. The fraction of sp³-hybridized carbons (Fsp3) is 0.480. The van der Waals surface area contributed by atoms with E-state index in [0.29, 0.717) is 11.5 Å². The minimum Gasteiger partial charge on any atom is -0.354 e. The summed E-state index contributed by atoms with van der Waals surface area (Å²) in [6, 6.07) is 8.05. The number of thiophene rings is 1. The van der Waals surface area contributed by atoms with Crippen molar-refractivity contribution < 1.29 is 4.79 Å². The van der Waals surface area contributed by atoms with Crippen molar-refractivity contribution in [3.05, 3.63) is 41.6 Å². The molecule has 1 N–H and O–H groups in total. The van der Waals surface area contributed by atoms with Gasteiger partial charge in [0.25, 0.3) is 5.91 Å². The summed E-state index contributed by atoms with van der Waals surface area (Å²) in [5.41, 5.74) is 2.72. The number of aromatic nitrogens is 2. The summed E-state index contributed by atoms with van der Waals surface area (Å²) in [7, 11) is 5.76. The van der Waals surface area contributed by atoms with Gasteiger partial charge in [0.05, 0.1) is 10.6 Å². The van der Waals surface area contributed by atoms with E-state index >= 15 is 0 Å². The molecule has 1 aliphatic rings. The number of carbonyl (C=O) groups is 1. The van der Waals surface area contributed by atoms with Gasteiger partial charge < -0.3 is 15.1 Å². The molecule has 32 heavy (non-hydrogen) atoms. The number of hydrogen-bond donors (Lipinski definition) is 1. The lowest BCUT2D eigenvalue weighted by atomic mass is 9.92. The summed E-state index contributed by atoms with van der Waals surface area (Å²) in [6.07, 6.45) is 6.94. The summed E-state index contributed by atoms with van der Waals surface area (Å²) in [6.45, 7) is 5.40. The number of amides is 1. The fourth-order valence-corrected chi connectivity index (χ4v) is 5.41. The van der Waals surface area contributed by atoms with Gasteiger partial charge in [0.15, 0.2) is 0 Å². The second-order valence-corrected chi connectivity index (χ2v) is 10.2. The summed E-state index contributed by atoms with van der Waals surface area (Å²) in [4.78, 5) is 26.8. The zero-order valence-corrected chi connectivity index (χ0v) is 20.3. The van der Waals surface area contributed by atoms with Crippen LogP contribution in [0.5, 0.6) is 0 Å². The Morgan fingerprint density at radius 2 is 2.03 bits per heavy atom. The van der Waals surface area contributed by atoms with Crippen LogP contribution in [0.15, 0.2) is 30.5 Å². The van der Waals surface area contributed by atoms with Crippen LogP contribution in [0.1, 0.15) is 41.6 Å². The van der Waals surface area contributed by atoms with Crippen molar-refractivity contribution in [1.82, 2.24) is 19.8 Å². The number of likely N-dealkylation sites (tertiary alicyclic amines) is 1. The summed E-state index contributed by atoms with van der Waals surface area (Å²) >= 11 is 1.67. The second kappa shape index (κ2) is 9.96. The van der Waals surface area contributed by atoms with E-state index < -0.39 is 0 Å². The Kier molecular flexibility index (Phi) is 7.06. The number of benzene rings is 1. The largest absolute Gasteiger partial charge is 0.354 e. The number of carbonyl (C=O) groups excluding carboxylic acids is 1. The first kappa shape index (κ1) is 22.7. The lowest BCUT2D eigenvalue weighted by Gasteiger charge is -2.28. The minimum atomic E-state index is 0.0202. The van der Waals surface area contributed by atoms with Crippen molar-refractivity contribution >= 4 is 33.3 Å². The standard InChI is InChI=1S/C25H33N5OS/c1-17-16-27-25(26-11-5-6-18-9-12-30(4)13-10-18)28-23(17)22-14-19-7-8-20(15-21(19)32-22)24(31)29(2)3/h7-8,14-16,18H,5-6,9-13H2,1-4H3,(H,26,27,28). The molecule has 1 fully saturated rings. The summed E-state index contributed by atoms with van der Waals surface area (Å²) < 4.78 is 1.10. The predicted molar refractivity (Wildman–Crippen MR) is 134 cm³/mol. The first-order valence-electron chi connectivity index (χ1n) is 11.4. The van der Waals surface area contributed by atoms with E-state index in [2.05, 4.69) is 28.3 Å². The molecule has 0 radical (unpaired) electrons. The predicted octanol–water partition coefficient (Wildman–Crippen LogP) is 4.90. The van der Waals surface area contributed by atoms with Gasteiger partial charge in [-0.1, -0.05) is 6.07 Å². The number of piperidine rings is 1. The molecule has 6 nitrogen and oxygen atoms in total. The highest BCUT2D eigenvalue weighted by Gasteiger charge is 2.16. The van der Waals surface area contributed by atoms with Crippen LogP contribution in [0.3, 0.4) is 0 Å². The van der Waals surface area contributed by atoms with Gasteiger partial charge in [0.2, 0.25) is 5.95 Å². The maximum Gasteiger partial charge on any atom is 0.253 e. The van der Waals surface area contributed by atoms with Crippen molar-refractivity contribution in [2.45, 2.75) is 32.6 Å². The number of nitrogens with one attached hydrogen (secondary N) is 1. The second-order valence-electron chi connectivity index (χ2n) is 9.10. The smallest absolute Gasteiger partial charge is 0.253 e. The molecule has 0 aliphatic carbocycles. The SMILES string of the molecule is Cc1cnc(NCCCC2CCN(C)CC2)nc1-c1cc2ccc(C(=O)N(C)C)cc2s1. The minimum absolute atomic E-state index is 0.0202. The van der Waals surface area contributed by atoms with Gasteiger partial charge in [-0.2, -0.15) is 0 Å². The molecular formula is C25H33N5OS. The monoisotopic (exact) mass is 451 g/mol. The molecule has 2 aromatic heterocycles. The van der Waals surface area contributed by atoms with Crippen LogP contribution in [0.2, 0.25) is 0 Å². The van der Waals surface area contributed by atoms with Gasteiger partial charge >= 0.3 is 0 Å². The molecule has 1 aliphatic heterocycles. The third-order valence-corrected chi connectivity index (χ3v) is 7.39.